The van der Waals surface area contributed by atoms with Gasteiger partial charge in [-0.1, -0.05) is 24.8 Å². The molecule has 1 saturated heterocycles. The van der Waals surface area contributed by atoms with Gasteiger partial charge in [-0.2, -0.15) is 0 Å². The molecule has 3 rings (SSSR count). The lowest BCUT2D eigenvalue weighted by Crippen LogP contribution is -2.52. The highest BCUT2D eigenvalue weighted by Gasteiger charge is 2.53. The number of rotatable bonds is 3. The first-order valence-electron chi connectivity index (χ1n) is 8.69. The van der Waals surface area contributed by atoms with Crippen molar-refractivity contribution in [2.24, 2.45) is 10.9 Å². The molecule has 1 saturated carbocycles. The summed E-state index contributed by atoms with van der Waals surface area (Å²) in [5, 5.41) is 4.62. The van der Waals surface area contributed by atoms with Crippen molar-refractivity contribution in [3.8, 4) is 5.75 Å². The molecule has 1 aliphatic carbocycles. The van der Waals surface area contributed by atoms with Gasteiger partial charge in [-0.25, -0.2) is 4.39 Å². The zero-order chi connectivity index (χ0) is 17.4. The quantitative estimate of drug-likeness (QED) is 0.854. The van der Waals surface area contributed by atoms with Crippen LogP contribution in [0.4, 0.5) is 4.39 Å². The minimum atomic E-state index is -0.284. The topological polar surface area (TPSA) is 33.6 Å². The van der Waals surface area contributed by atoms with Crippen LogP contribution in [0, 0.1) is 11.7 Å². The van der Waals surface area contributed by atoms with Crippen molar-refractivity contribution in [1.29, 1.82) is 0 Å². The Morgan fingerprint density at radius 2 is 2.04 bits per heavy atom. The molecule has 0 aromatic heterocycles. The predicted octanol–water partition coefficient (Wildman–Crippen LogP) is 4.75. The molecule has 1 heterocycles. The van der Waals surface area contributed by atoms with Gasteiger partial charge in [-0.05, 0) is 51.5 Å². The van der Waals surface area contributed by atoms with Gasteiger partial charge in [0.1, 0.15) is 11.6 Å². The second-order valence-electron chi connectivity index (χ2n) is 7.61. The fraction of sp³-hybridized carbons (Fsp3) is 0.632. The Hall–Kier alpha value is -1.23. The summed E-state index contributed by atoms with van der Waals surface area (Å²) in [6.45, 7) is 7.43. The lowest BCUT2D eigenvalue weighted by molar-refractivity contribution is 0.231. The smallest absolute Gasteiger partial charge is 0.157 e. The van der Waals surface area contributed by atoms with Gasteiger partial charge in [0.15, 0.2) is 5.17 Å². The van der Waals surface area contributed by atoms with E-state index in [9.17, 15) is 4.39 Å². The molecule has 1 aliphatic heterocycles. The number of benzene rings is 1. The number of hydrogen-bond acceptors (Lipinski definition) is 3. The van der Waals surface area contributed by atoms with Crippen molar-refractivity contribution >= 4 is 16.9 Å². The third-order valence-electron chi connectivity index (χ3n) is 5.57. The fourth-order valence-corrected chi connectivity index (χ4v) is 5.30. The van der Waals surface area contributed by atoms with E-state index in [0.717, 1.165) is 16.6 Å². The molecule has 5 heteroatoms. The van der Waals surface area contributed by atoms with Crippen molar-refractivity contribution in [2.45, 2.75) is 63.3 Å². The van der Waals surface area contributed by atoms with Crippen molar-refractivity contribution in [1.82, 2.24) is 5.32 Å². The molecule has 2 aliphatic rings. The van der Waals surface area contributed by atoms with Crippen LogP contribution < -0.4 is 10.1 Å². The Morgan fingerprint density at radius 1 is 1.33 bits per heavy atom. The molecule has 0 atom stereocenters. The summed E-state index contributed by atoms with van der Waals surface area (Å²) in [5.41, 5.74) is 0.952. The van der Waals surface area contributed by atoms with E-state index in [-0.39, 0.29) is 16.1 Å². The van der Waals surface area contributed by atoms with Crippen molar-refractivity contribution in [3.63, 3.8) is 0 Å². The first kappa shape index (κ1) is 17.6. The van der Waals surface area contributed by atoms with Crippen LogP contribution in [0.2, 0.25) is 0 Å². The SMILES string of the molecule is COc1cc(F)ccc1CN=C1NC(C)(C)C2(CCC(C)CC2)S1. The lowest BCUT2D eigenvalue weighted by Gasteiger charge is -2.43. The maximum Gasteiger partial charge on any atom is 0.157 e. The molecular formula is C19H27FN2OS. The van der Waals surface area contributed by atoms with Crippen LogP contribution in [-0.2, 0) is 6.54 Å². The van der Waals surface area contributed by atoms with Crippen molar-refractivity contribution < 1.29 is 9.13 Å². The van der Waals surface area contributed by atoms with Crippen LogP contribution in [0.1, 0.15) is 52.0 Å². The van der Waals surface area contributed by atoms with Gasteiger partial charge in [0.05, 0.1) is 13.7 Å². The summed E-state index contributed by atoms with van der Waals surface area (Å²) >= 11 is 1.90. The highest BCUT2D eigenvalue weighted by atomic mass is 32.2. The Balaban J connectivity index is 1.76. The second-order valence-corrected chi connectivity index (χ2v) is 8.98. The molecule has 24 heavy (non-hydrogen) atoms. The average Bonchev–Trinajstić information content (AvgIpc) is 2.79. The molecule has 1 aromatic rings. The van der Waals surface area contributed by atoms with Crippen molar-refractivity contribution in [2.75, 3.05) is 7.11 Å². The number of ether oxygens (including phenoxy) is 1. The van der Waals surface area contributed by atoms with E-state index in [1.54, 1.807) is 13.2 Å². The number of amidine groups is 1. The number of aliphatic imine (C=N–C) groups is 1. The number of hydrogen-bond donors (Lipinski definition) is 1. The molecule has 1 aromatic carbocycles. The third kappa shape index (κ3) is 3.28. The monoisotopic (exact) mass is 350 g/mol. The molecule has 1 spiro atoms. The Bertz CT molecular complexity index is 636. The van der Waals surface area contributed by atoms with E-state index in [0.29, 0.717) is 12.3 Å². The molecule has 0 unspecified atom stereocenters. The highest BCUT2D eigenvalue weighted by Crippen LogP contribution is 2.52. The molecular weight excluding hydrogens is 323 g/mol. The Labute approximate surface area is 148 Å². The van der Waals surface area contributed by atoms with Crippen LogP contribution in [0.3, 0.4) is 0 Å². The maximum atomic E-state index is 13.3. The van der Waals surface area contributed by atoms with Gasteiger partial charge in [0.25, 0.3) is 0 Å². The van der Waals surface area contributed by atoms with Gasteiger partial charge in [0, 0.05) is 21.9 Å². The zero-order valence-corrected chi connectivity index (χ0v) is 15.8. The Morgan fingerprint density at radius 3 is 2.71 bits per heavy atom. The summed E-state index contributed by atoms with van der Waals surface area (Å²) in [7, 11) is 1.56. The number of nitrogens with zero attached hydrogens (tertiary/aromatic N) is 1. The molecule has 0 radical (unpaired) electrons. The summed E-state index contributed by atoms with van der Waals surface area (Å²) in [5.74, 6) is 1.10. The minimum Gasteiger partial charge on any atom is -0.496 e. The predicted molar refractivity (Wildman–Crippen MR) is 99.3 cm³/mol. The van der Waals surface area contributed by atoms with Gasteiger partial charge in [-0.15, -0.1) is 0 Å². The molecule has 132 valence electrons. The number of nitrogens with one attached hydrogen (secondary N) is 1. The summed E-state index contributed by atoms with van der Waals surface area (Å²) in [6, 6.07) is 4.63. The van der Waals surface area contributed by atoms with Crippen LogP contribution in [0.25, 0.3) is 0 Å². The third-order valence-corrected chi connectivity index (χ3v) is 7.31. The average molecular weight is 351 g/mol. The van der Waals surface area contributed by atoms with E-state index in [2.05, 4.69) is 26.1 Å². The minimum absolute atomic E-state index is 0.0452. The summed E-state index contributed by atoms with van der Waals surface area (Å²) in [4.78, 5) is 4.76. The fourth-order valence-electron chi connectivity index (χ4n) is 3.75. The molecule has 2 fully saturated rings. The highest BCUT2D eigenvalue weighted by molar-refractivity contribution is 8.15. The van der Waals surface area contributed by atoms with Gasteiger partial charge in [0.2, 0.25) is 0 Å². The Kier molecular flexibility index (Phi) is 4.82. The van der Waals surface area contributed by atoms with E-state index in [1.165, 1.54) is 37.8 Å². The van der Waals surface area contributed by atoms with Gasteiger partial charge < -0.3 is 10.1 Å². The first-order valence-corrected chi connectivity index (χ1v) is 9.51. The maximum absolute atomic E-state index is 13.3. The molecule has 1 N–H and O–H groups in total. The van der Waals surface area contributed by atoms with Gasteiger partial charge >= 0.3 is 0 Å². The van der Waals surface area contributed by atoms with Crippen LogP contribution in [0.15, 0.2) is 23.2 Å². The van der Waals surface area contributed by atoms with E-state index >= 15 is 0 Å². The van der Waals surface area contributed by atoms with Crippen molar-refractivity contribution in [3.05, 3.63) is 29.6 Å². The van der Waals surface area contributed by atoms with E-state index in [1.807, 2.05) is 11.8 Å². The zero-order valence-electron chi connectivity index (χ0n) is 15.0. The summed E-state index contributed by atoms with van der Waals surface area (Å²) < 4.78 is 18.8. The van der Waals surface area contributed by atoms with E-state index < -0.39 is 0 Å². The molecule has 0 bridgehead atoms. The van der Waals surface area contributed by atoms with Crippen LogP contribution >= 0.6 is 11.8 Å². The lowest BCUT2D eigenvalue weighted by atomic mass is 9.73. The second kappa shape index (κ2) is 6.58. The standard InChI is InChI=1S/C19H27FN2OS/c1-13-7-9-19(10-8-13)18(2,3)22-17(24-19)21-12-14-5-6-15(20)11-16(14)23-4/h5-6,11,13H,7-10,12H2,1-4H3,(H,21,22). The largest absolute Gasteiger partial charge is 0.496 e. The number of methoxy groups -OCH3 is 1. The molecule has 0 amide bonds. The van der Waals surface area contributed by atoms with Crippen LogP contribution in [0.5, 0.6) is 5.75 Å². The van der Waals surface area contributed by atoms with Gasteiger partial charge in [-0.3, -0.25) is 4.99 Å². The first-order chi connectivity index (χ1) is 11.4. The van der Waals surface area contributed by atoms with E-state index in [4.69, 9.17) is 9.73 Å². The number of halogens is 1. The number of thioether (sulfide) groups is 1. The summed E-state index contributed by atoms with van der Waals surface area (Å²) in [6.07, 6.45) is 5.05. The normalized spacial score (nSPS) is 30.5. The molecule has 3 nitrogen and oxygen atoms in total. The van der Waals surface area contributed by atoms with Crippen LogP contribution in [-0.4, -0.2) is 22.6 Å².